The lowest BCUT2D eigenvalue weighted by Gasteiger charge is -2.36. The van der Waals surface area contributed by atoms with E-state index in [4.69, 9.17) is 31.8 Å². The molecule has 0 saturated carbocycles. The van der Waals surface area contributed by atoms with Gasteiger partial charge in [-0.15, -0.1) is 11.3 Å². The summed E-state index contributed by atoms with van der Waals surface area (Å²) >= 11 is 8.28. The number of aryl methyl sites for hydroxylation is 2. The summed E-state index contributed by atoms with van der Waals surface area (Å²) in [7, 11) is 0. The van der Waals surface area contributed by atoms with Gasteiger partial charge in [0.25, 0.3) is 0 Å². The average Bonchev–Trinajstić information content (AvgIpc) is 4.34. The molecule has 10 rings (SSSR count). The van der Waals surface area contributed by atoms with Crippen LogP contribution in [0.4, 0.5) is 29.2 Å². The summed E-state index contributed by atoms with van der Waals surface area (Å²) in [5.41, 5.74) is 6.47. The first-order valence-corrected chi connectivity index (χ1v) is 28.3. The van der Waals surface area contributed by atoms with Gasteiger partial charge in [-0.1, -0.05) is 56.6 Å². The minimum absolute atomic E-state index is 0.0125. The van der Waals surface area contributed by atoms with Crippen LogP contribution in [0.1, 0.15) is 107 Å². The largest absolute Gasteiger partial charge is 0.461 e. The predicted octanol–water partition coefficient (Wildman–Crippen LogP) is 7.92. The summed E-state index contributed by atoms with van der Waals surface area (Å²) in [6, 6.07) is 8.24. The maximum absolute atomic E-state index is 17.1. The van der Waals surface area contributed by atoms with Gasteiger partial charge in [-0.2, -0.15) is 23.1 Å². The van der Waals surface area contributed by atoms with Crippen LogP contribution in [0.25, 0.3) is 32.6 Å². The molecule has 2 aromatic carbocycles. The van der Waals surface area contributed by atoms with Crippen LogP contribution in [0.2, 0.25) is 5.02 Å². The number of halogens is 5. The number of ether oxygens (including phenoxy) is 2. The maximum atomic E-state index is 17.1. The van der Waals surface area contributed by atoms with Gasteiger partial charge >= 0.3 is 12.2 Å². The number of pyridine rings is 1. The van der Waals surface area contributed by atoms with Crippen molar-refractivity contribution < 1.29 is 46.5 Å². The summed E-state index contributed by atoms with van der Waals surface area (Å²) in [4.78, 5) is 66.3. The number of nitrogens with zero attached hydrogens (tertiary/aromatic N) is 7. The van der Waals surface area contributed by atoms with E-state index in [1.165, 1.54) is 17.9 Å². The fourth-order valence-corrected chi connectivity index (χ4v) is 13.6. The zero-order valence-corrected chi connectivity index (χ0v) is 46.8. The summed E-state index contributed by atoms with van der Waals surface area (Å²) in [5.74, 6) is -2.21. The number of benzene rings is 2. The van der Waals surface area contributed by atoms with Crippen LogP contribution in [0.5, 0.6) is 6.01 Å². The SMILES string of the molecule is Cc1cc(N)nc(-c2c(Cl)cc3c(N4CC5CCC(C4)N5)nc(OCC45CCCN4[C@@H](COCCC(=O)N[C@H](C(=O)N4C[C@H](O)C[C@H]4C(=O)N[C@@H](C)c4ccc(-c6scnc6C)cc4)C(C)(C)C)CC5)nc3c2F)c1C(F)(F)F. The van der Waals surface area contributed by atoms with Crippen LogP contribution in [-0.2, 0) is 25.3 Å². The number of carbonyl (C=O) groups is 3. The van der Waals surface area contributed by atoms with Crippen molar-refractivity contribution in [2.75, 3.05) is 56.6 Å². The molecule has 2 bridgehead atoms. The van der Waals surface area contributed by atoms with E-state index < -0.39 is 75.7 Å². The summed E-state index contributed by atoms with van der Waals surface area (Å²) in [6.45, 7) is 12.9. The fourth-order valence-electron chi connectivity index (χ4n) is 12.5. The number of fused-ring (bicyclic) bond motifs is 4. The monoisotopic (exact) mass is 1130 g/mol. The smallest absolute Gasteiger partial charge is 0.418 e. The van der Waals surface area contributed by atoms with Crippen molar-refractivity contribution in [2.45, 2.75) is 147 Å². The number of hydrogen-bond acceptors (Lipinski definition) is 15. The molecule has 3 amide bonds. The van der Waals surface area contributed by atoms with Crippen LogP contribution in [0.3, 0.4) is 0 Å². The van der Waals surface area contributed by atoms with Gasteiger partial charge in [0, 0.05) is 56.0 Å². The minimum atomic E-state index is -4.90. The Labute approximate surface area is 465 Å². The summed E-state index contributed by atoms with van der Waals surface area (Å²) in [6.07, 6.45) is -0.707. The lowest BCUT2D eigenvalue weighted by atomic mass is 9.85. The summed E-state index contributed by atoms with van der Waals surface area (Å²) in [5, 5.41) is 20.2. The number of nitrogens with one attached hydrogen (secondary N) is 3. The Morgan fingerprint density at radius 2 is 1.75 bits per heavy atom. The molecule has 3 aromatic heterocycles. The number of aliphatic hydroxyl groups is 1. The molecule has 5 aliphatic rings. The standard InChI is InChI=1S/C56H68ClF4N11O6S/c1-29-20-41(62)66-47(44(29)56(59,60)61)43-39(57)22-38-46(45(43)58)68-53(69-50(38)70-23-34-12-13-35(24-70)65-34)78-27-55-16-7-18-72(55)36(14-17-55)26-77-19-15-42(74)67-49(54(4,5)6)52(76)71-25-37(73)21-40(71)51(75)64-30(2)32-8-10-33(11-9-32)48-31(3)63-28-79-48/h8-11,20,22,28,30,34-37,40,49,65,73H,7,12-19,21,23-27H2,1-6H3,(H2,62,66)(H,64,75)(H,67,74)/t30-,34?,35?,36+,37+,40-,49+,55?/m0/s1. The molecule has 0 aliphatic carbocycles. The number of hydrogen-bond donors (Lipinski definition) is 5. The molecule has 8 heterocycles. The van der Waals surface area contributed by atoms with E-state index in [9.17, 15) is 32.7 Å². The molecule has 17 nitrogen and oxygen atoms in total. The van der Waals surface area contributed by atoms with E-state index >= 15 is 4.39 Å². The van der Waals surface area contributed by atoms with Gasteiger partial charge in [0.15, 0.2) is 5.82 Å². The molecule has 23 heteroatoms. The van der Waals surface area contributed by atoms with Crippen molar-refractivity contribution in [2.24, 2.45) is 5.41 Å². The summed E-state index contributed by atoms with van der Waals surface area (Å²) < 4.78 is 73.5. The number of thiazole rings is 1. The Morgan fingerprint density at radius 3 is 2.43 bits per heavy atom. The van der Waals surface area contributed by atoms with Gasteiger partial charge in [0.05, 0.1) is 68.8 Å². The van der Waals surface area contributed by atoms with Gasteiger partial charge in [-0.05, 0) is 100 Å². The first-order valence-electron chi connectivity index (χ1n) is 27.1. The number of carbonyl (C=O) groups excluding carboxylic acids is 3. The number of aliphatic hydroxyl groups excluding tert-OH is 1. The van der Waals surface area contributed by atoms with Crippen molar-refractivity contribution in [3.8, 4) is 27.7 Å². The third kappa shape index (κ3) is 11.6. The lowest BCUT2D eigenvalue weighted by molar-refractivity contribution is -0.144. The Kier molecular flexibility index (Phi) is 15.9. The van der Waals surface area contributed by atoms with E-state index in [0.29, 0.717) is 25.5 Å². The van der Waals surface area contributed by atoms with E-state index in [1.807, 2.05) is 63.8 Å². The molecule has 79 heavy (non-hydrogen) atoms. The molecule has 8 atom stereocenters. The highest BCUT2D eigenvalue weighted by Gasteiger charge is 2.50. The Hall–Kier alpha value is -5.78. The first-order chi connectivity index (χ1) is 37.5. The molecule has 0 radical (unpaired) electrons. The van der Waals surface area contributed by atoms with Gasteiger partial charge < -0.3 is 46.1 Å². The molecule has 5 saturated heterocycles. The van der Waals surface area contributed by atoms with Crippen molar-refractivity contribution in [3.05, 3.63) is 75.1 Å². The molecule has 6 N–H and O–H groups in total. The van der Waals surface area contributed by atoms with Crippen molar-refractivity contribution in [3.63, 3.8) is 0 Å². The second-order valence-corrected chi connectivity index (χ2v) is 24.4. The second kappa shape index (κ2) is 22.3. The van der Waals surface area contributed by atoms with Gasteiger partial charge in [0.1, 0.15) is 35.8 Å². The van der Waals surface area contributed by atoms with Crippen LogP contribution in [-0.4, -0.2) is 140 Å². The second-order valence-electron chi connectivity index (χ2n) is 23.1. The fraction of sp³-hybridized carbons (Fsp3) is 0.554. The van der Waals surface area contributed by atoms with Crippen LogP contribution in [0, 0.1) is 25.1 Å². The zero-order valence-electron chi connectivity index (χ0n) is 45.2. The Balaban J connectivity index is 0.777. The third-order valence-corrected chi connectivity index (χ3v) is 17.7. The van der Waals surface area contributed by atoms with Crippen LogP contribution >= 0.6 is 22.9 Å². The van der Waals surface area contributed by atoms with Gasteiger partial charge in [-0.25, -0.2) is 14.4 Å². The molecule has 5 fully saturated rings. The number of amides is 3. The lowest BCUT2D eigenvalue weighted by Crippen LogP contribution is -2.58. The van der Waals surface area contributed by atoms with Gasteiger partial charge in [0.2, 0.25) is 17.7 Å². The topological polar surface area (TPSA) is 213 Å². The van der Waals surface area contributed by atoms with Crippen molar-refractivity contribution in [1.82, 2.24) is 45.7 Å². The Morgan fingerprint density at radius 1 is 1.01 bits per heavy atom. The number of anilines is 2. The third-order valence-electron chi connectivity index (χ3n) is 16.5. The van der Waals surface area contributed by atoms with Crippen LogP contribution in [0.15, 0.2) is 41.9 Å². The molecule has 424 valence electrons. The molecule has 3 unspecified atom stereocenters. The normalized spacial score (nSPS) is 24.0. The predicted molar refractivity (Wildman–Crippen MR) is 293 cm³/mol. The molecule has 0 spiro atoms. The average molecular weight is 1130 g/mol. The highest BCUT2D eigenvalue weighted by atomic mass is 35.5. The van der Waals surface area contributed by atoms with E-state index in [2.05, 4.69) is 35.8 Å². The number of likely N-dealkylation sites (tertiary alicyclic amines) is 1. The number of alkyl halides is 3. The first kappa shape index (κ1) is 56.5. The van der Waals surface area contributed by atoms with Crippen molar-refractivity contribution in [1.29, 1.82) is 0 Å². The molecule has 5 aromatic rings. The number of rotatable bonds is 16. The van der Waals surface area contributed by atoms with E-state index in [-0.39, 0.29) is 90.1 Å². The maximum Gasteiger partial charge on any atom is 0.418 e. The Bertz CT molecular complexity index is 3110. The minimum Gasteiger partial charge on any atom is -0.461 e. The quantitative estimate of drug-likeness (QED) is 0.0469. The van der Waals surface area contributed by atoms with Gasteiger partial charge in [-0.3, -0.25) is 19.3 Å². The van der Waals surface area contributed by atoms with E-state index in [1.54, 1.807) is 16.8 Å². The number of β-amino-alcohol motifs (C(OH)–C–C–N with tert-alkyl or cyclic N) is 1. The number of piperazine rings is 1. The number of nitrogens with two attached hydrogens (primary N) is 1. The number of nitrogen functional groups attached to an aromatic ring is 1. The molecular formula is C56H68ClF4N11O6S. The zero-order chi connectivity index (χ0) is 56.3. The molecule has 5 aliphatic heterocycles. The highest BCUT2D eigenvalue weighted by molar-refractivity contribution is 7.13. The highest BCUT2D eigenvalue weighted by Crippen LogP contribution is 2.46. The molecular weight excluding hydrogens is 1070 g/mol. The van der Waals surface area contributed by atoms with Crippen molar-refractivity contribution >= 4 is 63.2 Å². The van der Waals surface area contributed by atoms with Crippen LogP contribution < -0.4 is 31.3 Å². The van der Waals surface area contributed by atoms with E-state index in [0.717, 1.165) is 72.8 Å². The number of aromatic nitrogens is 4.